The number of phenols is 1. The minimum atomic E-state index is 0.212. The smallest absolute Gasteiger partial charge is 0.129 e. The molecule has 110 valence electrons. The van der Waals surface area contributed by atoms with E-state index in [1.54, 1.807) is 24.5 Å². The molecule has 0 saturated carbocycles. The van der Waals surface area contributed by atoms with Crippen LogP contribution in [-0.2, 0) is 6.42 Å². The molecule has 2 heterocycles. The van der Waals surface area contributed by atoms with Crippen molar-refractivity contribution in [3.63, 3.8) is 0 Å². The summed E-state index contributed by atoms with van der Waals surface area (Å²) in [6.07, 6.45) is 5.96. The zero-order valence-corrected chi connectivity index (χ0v) is 12.0. The van der Waals surface area contributed by atoms with Gasteiger partial charge in [0.25, 0.3) is 0 Å². The Morgan fingerprint density at radius 1 is 1.00 bits per heavy atom. The van der Waals surface area contributed by atoms with Gasteiger partial charge in [0.05, 0.1) is 5.69 Å². The van der Waals surface area contributed by atoms with Gasteiger partial charge in [-0.1, -0.05) is 12.1 Å². The SMILES string of the molecule is Oc1ccccc1-c1cc(NCCc2ccncc2)ncn1. The number of phenolic OH excluding ortho intramolecular Hbond substituents is 1. The molecule has 0 unspecified atom stereocenters. The number of benzene rings is 1. The van der Waals surface area contributed by atoms with Crippen LogP contribution in [0.5, 0.6) is 5.75 Å². The fourth-order valence-corrected chi connectivity index (χ4v) is 2.18. The van der Waals surface area contributed by atoms with Crippen LogP contribution in [-0.4, -0.2) is 26.6 Å². The number of aromatic nitrogens is 3. The summed E-state index contributed by atoms with van der Waals surface area (Å²) in [6.45, 7) is 0.765. The van der Waals surface area contributed by atoms with Crippen LogP contribution in [0.4, 0.5) is 5.82 Å². The van der Waals surface area contributed by atoms with Crippen LogP contribution in [0.25, 0.3) is 11.3 Å². The quantitative estimate of drug-likeness (QED) is 0.756. The molecule has 0 aliphatic heterocycles. The molecular formula is C17H16N4O. The molecule has 5 heteroatoms. The van der Waals surface area contributed by atoms with Gasteiger partial charge in [-0.05, 0) is 36.2 Å². The first kappa shape index (κ1) is 14.0. The first-order valence-electron chi connectivity index (χ1n) is 7.06. The third-order valence-electron chi connectivity index (χ3n) is 3.32. The van der Waals surface area contributed by atoms with Crippen molar-refractivity contribution in [2.45, 2.75) is 6.42 Å². The molecule has 0 bridgehead atoms. The van der Waals surface area contributed by atoms with E-state index in [9.17, 15) is 5.11 Å². The van der Waals surface area contributed by atoms with Crippen molar-refractivity contribution in [1.29, 1.82) is 0 Å². The van der Waals surface area contributed by atoms with Crippen molar-refractivity contribution in [2.24, 2.45) is 0 Å². The maximum Gasteiger partial charge on any atom is 0.129 e. The molecule has 0 aliphatic rings. The maximum atomic E-state index is 9.89. The minimum Gasteiger partial charge on any atom is -0.507 e. The van der Waals surface area contributed by atoms with Crippen molar-refractivity contribution >= 4 is 5.82 Å². The molecule has 3 aromatic rings. The first-order chi connectivity index (χ1) is 10.8. The lowest BCUT2D eigenvalue weighted by Crippen LogP contribution is -2.06. The van der Waals surface area contributed by atoms with Gasteiger partial charge in [-0.15, -0.1) is 0 Å². The van der Waals surface area contributed by atoms with E-state index in [1.807, 2.05) is 30.3 Å². The highest BCUT2D eigenvalue weighted by Crippen LogP contribution is 2.27. The Hall–Kier alpha value is -2.95. The van der Waals surface area contributed by atoms with Crippen molar-refractivity contribution < 1.29 is 5.11 Å². The van der Waals surface area contributed by atoms with Crippen molar-refractivity contribution in [2.75, 3.05) is 11.9 Å². The summed E-state index contributed by atoms with van der Waals surface area (Å²) in [7, 11) is 0. The van der Waals surface area contributed by atoms with E-state index in [-0.39, 0.29) is 5.75 Å². The summed E-state index contributed by atoms with van der Waals surface area (Å²) in [4.78, 5) is 12.4. The lowest BCUT2D eigenvalue weighted by molar-refractivity contribution is 0.477. The van der Waals surface area contributed by atoms with Crippen LogP contribution in [0.1, 0.15) is 5.56 Å². The van der Waals surface area contributed by atoms with Gasteiger partial charge in [-0.2, -0.15) is 0 Å². The second kappa shape index (κ2) is 6.67. The number of nitrogens with one attached hydrogen (secondary N) is 1. The van der Waals surface area contributed by atoms with E-state index >= 15 is 0 Å². The highest BCUT2D eigenvalue weighted by molar-refractivity contribution is 5.68. The fourth-order valence-electron chi connectivity index (χ4n) is 2.18. The topological polar surface area (TPSA) is 70.9 Å². The van der Waals surface area contributed by atoms with Crippen LogP contribution < -0.4 is 5.32 Å². The van der Waals surface area contributed by atoms with E-state index in [1.165, 1.54) is 11.9 Å². The Morgan fingerprint density at radius 2 is 1.82 bits per heavy atom. The molecular weight excluding hydrogens is 276 g/mol. The Balaban J connectivity index is 1.68. The zero-order valence-electron chi connectivity index (χ0n) is 12.0. The van der Waals surface area contributed by atoms with Crippen LogP contribution in [0.2, 0.25) is 0 Å². The van der Waals surface area contributed by atoms with Gasteiger partial charge in [0, 0.05) is 30.6 Å². The number of nitrogens with zero attached hydrogens (tertiary/aromatic N) is 3. The normalized spacial score (nSPS) is 10.4. The van der Waals surface area contributed by atoms with E-state index < -0.39 is 0 Å². The second-order valence-corrected chi connectivity index (χ2v) is 4.84. The Bertz CT molecular complexity index is 746. The van der Waals surface area contributed by atoms with Crippen molar-refractivity contribution in [1.82, 2.24) is 15.0 Å². The van der Waals surface area contributed by atoms with Gasteiger partial charge in [0.1, 0.15) is 17.9 Å². The predicted molar refractivity (Wildman–Crippen MR) is 85.6 cm³/mol. The highest BCUT2D eigenvalue weighted by Gasteiger charge is 2.06. The second-order valence-electron chi connectivity index (χ2n) is 4.84. The molecule has 3 rings (SSSR count). The monoisotopic (exact) mass is 292 g/mol. The zero-order chi connectivity index (χ0) is 15.2. The number of anilines is 1. The first-order valence-corrected chi connectivity index (χ1v) is 7.06. The Morgan fingerprint density at radius 3 is 2.64 bits per heavy atom. The van der Waals surface area contributed by atoms with Crippen molar-refractivity contribution in [3.05, 3.63) is 66.7 Å². The largest absolute Gasteiger partial charge is 0.507 e. The van der Waals surface area contributed by atoms with Gasteiger partial charge >= 0.3 is 0 Å². The Labute approximate surface area is 128 Å². The lowest BCUT2D eigenvalue weighted by atomic mass is 10.1. The minimum absolute atomic E-state index is 0.212. The Kier molecular flexibility index (Phi) is 4.25. The number of pyridine rings is 1. The van der Waals surface area contributed by atoms with Gasteiger partial charge in [0.15, 0.2) is 0 Å². The van der Waals surface area contributed by atoms with E-state index in [0.29, 0.717) is 11.3 Å². The summed E-state index contributed by atoms with van der Waals surface area (Å²) in [5, 5.41) is 13.2. The number of hydrogen-bond acceptors (Lipinski definition) is 5. The molecule has 22 heavy (non-hydrogen) atoms. The molecule has 5 nitrogen and oxygen atoms in total. The van der Waals surface area contributed by atoms with Crippen LogP contribution >= 0.6 is 0 Å². The number of rotatable bonds is 5. The van der Waals surface area contributed by atoms with E-state index in [4.69, 9.17) is 0 Å². The lowest BCUT2D eigenvalue weighted by Gasteiger charge is -2.08. The summed E-state index contributed by atoms with van der Waals surface area (Å²) >= 11 is 0. The molecule has 0 aliphatic carbocycles. The van der Waals surface area contributed by atoms with E-state index in [2.05, 4.69) is 20.3 Å². The maximum absolute atomic E-state index is 9.89. The highest BCUT2D eigenvalue weighted by atomic mass is 16.3. The number of para-hydroxylation sites is 1. The molecule has 0 fully saturated rings. The van der Waals surface area contributed by atoms with Gasteiger partial charge in [-0.25, -0.2) is 9.97 Å². The van der Waals surface area contributed by atoms with E-state index in [0.717, 1.165) is 18.8 Å². The number of hydrogen-bond donors (Lipinski definition) is 2. The van der Waals surface area contributed by atoms with Crippen LogP contribution in [0.3, 0.4) is 0 Å². The standard InChI is InChI=1S/C17H16N4O/c22-16-4-2-1-3-14(16)15-11-17(21-12-20-15)19-10-7-13-5-8-18-9-6-13/h1-6,8-9,11-12,22H,7,10H2,(H,19,20,21). The molecule has 2 N–H and O–H groups in total. The average Bonchev–Trinajstić information content (AvgIpc) is 2.57. The molecule has 0 radical (unpaired) electrons. The number of aromatic hydroxyl groups is 1. The average molecular weight is 292 g/mol. The third kappa shape index (κ3) is 3.38. The summed E-state index contributed by atoms with van der Waals surface area (Å²) in [5.74, 6) is 0.950. The summed E-state index contributed by atoms with van der Waals surface area (Å²) in [6, 6.07) is 13.0. The molecule has 0 amide bonds. The molecule has 0 saturated heterocycles. The molecule has 1 aromatic carbocycles. The van der Waals surface area contributed by atoms with Gasteiger partial charge in [-0.3, -0.25) is 4.98 Å². The molecule has 0 atom stereocenters. The predicted octanol–water partition coefficient (Wildman–Crippen LogP) is 2.90. The molecule has 2 aromatic heterocycles. The third-order valence-corrected chi connectivity index (χ3v) is 3.32. The van der Waals surface area contributed by atoms with Gasteiger partial charge in [0.2, 0.25) is 0 Å². The summed E-state index contributed by atoms with van der Waals surface area (Å²) in [5.41, 5.74) is 2.61. The van der Waals surface area contributed by atoms with Gasteiger partial charge < -0.3 is 10.4 Å². The summed E-state index contributed by atoms with van der Waals surface area (Å²) < 4.78 is 0. The fraction of sp³-hybridized carbons (Fsp3) is 0.118. The van der Waals surface area contributed by atoms with Crippen LogP contribution in [0, 0.1) is 0 Å². The molecule has 0 spiro atoms. The van der Waals surface area contributed by atoms with Crippen LogP contribution in [0.15, 0.2) is 61.2 Å². The van der Waals surface area contributed by atoms with Crippen molar-refractivity contribution in [3.8, 4) is 17.0 Å².